The zero-order valence-electron chi connectivity index (χ0n) is 14.9. The Balaban J connectivity index is 1.50. The molecule has 0 aliphatic carbocycles. The maximum Gasteiger partial charge on any atom is 0.251 e. The molecule has 132 valence electrons. The van der Waals surface area contributed by atoms with Gasteiger partial charge in [0.25, 0.3) is 5.91 Å². The van der Waals surface area contributed by atoms with Crippen molar-refractivity contribution in [3.05, 3.63) is 65.4 Å². The highest BCUT2D eigenvalue weighted by Crippen LogP contribution is 2.24. The zero-order chi connectivity index (χ0) is 18.3. The van der Waals surface area contributed by atoms with E-state index in [1.165, 1.54) is 0 Å². The van der Waals surface area contributed by atoms with E-state index in [0.717, 1.165) is 27.7 Å². The van der Waals surface area contributed by atoms with E-state index in [1.807, 2.05) is 50.4 Å². The molecule has 3 aromatic rings. The first kappa shape index (κ1) is 16.4. The Morgan fingerprint density at radius 3 is 2.65 bits per heavy atom. The highest BCUT2D eigenvalue weighted by atomic mass is 16.2. The van der Waals surface area contributed by atoms with Crippen molar-refractivity contribution in [1.82, 2.24) is 10.3 Å². The van der Waals surface area contributed by atoms with Crippen molar-refractivity contribution in [2.24, 2.45) is 0 Å². The third-order valence-electron chi connectivity index (χ3n) is 4.84. The third kappa shape index (κ3) is 2.96. The van der Waals surface area contributed by atoms with Crippen LogP contribution in [0.1, 0.15) is 27.9 Å². The molecule has 1 atom stereocenters. The van der Waals surface area contributed by atoms with Crippen LogP contribution in [-0.4, -0.2) is 29.4 Å². The van der Waals surface area contributed by atoms with E-state index < -0.39 is 6.04 Å². The standard InChI is InChI=1S/C21H21N3O2/c1-13-9-14(2)11-17(10-13)24-8-6-19(21(24)26)23-20(25)16-3-4-18-15(12-16)5-7-22-18/h3-5,7,9-12,19,22H,6,8H2,1-2H3,(H,23,25). The van der Waals surface area contributed by atoms with Crippen LogP contribution in [0.15, 0.2) is 48.7 Å². The predicted octanol–water partition coefficient (Wildman–Crippen LogP) is 3.32. The second-order valence-electron chi connectivity index (χ2n) is 6.93. The monoisotopic (exact) mass is 347 g/mol. The van der Waals surface area contributed by atoms with Gasteiger partial charge in [0.15, 0.2) is 0 Å². The molecule has 1 saturated heterocycles. The molecular formula is C21H21N3O2. The minimum atomic E-state index is -0.481. The van der Waals surface area contributed by atoms with Crippen LogP contribution in [0.4, 0.5) is 5.69 Å². The first-order valence-electron chi connectivity index (χ1n) is 8.79. The molecule has 2 amide bonds. The molecule has 26 heavy (non-hydrogen) atoms. The van der Waals surface area contributed by atoms with Crippen LogP contribution in [0.25, 0.3) is 10.9 Å². The van der Waals surface area contributed by atoms with Crippen LogP contribution in [0.5, 0.6) is 0 Å². The molecule has 2 heterocycles. The highest BCUT2D eigenvalue weighted by molar-refractivity contribution is 6.05. The van der Waals surface area contributed by atoms with Gasteiger partial charge >= 0.3 is 0 Å². The fraction of sp³-hybridized carbons (Fsp3) is 0.238. The number of fused-ring (bicyclic) bond motifs is 1. The Morgan fingerprint density at radius 1 is 1.12 bits per heavy atom. The fourth-order valence-electron chi connectivity index (χ4n) is 3.61. The largest absolute Gasteiger partial charge is 0.361 e. The molecule has 2 aromatic carbocycles. The average Bonchev–Trinajstić information content (AvgIpc) is 3.20. The summed E-state index contributed by atoms with van der Waals surface area (Å²) in [7, 11) is 0. The molecule has 4 rings (SSSR count). The predicted molar refractivity (Wildman–Crippen MR) is 102 cm³/mol. The Hall–Kier alpha value is -3.08. The average molecular weight is 347 g/mol. The summed E-state index contributed by atoms with van der Waals surface area (Å²) in [6, 6.07) is 13.0. The molecule has 0 saturated carbocycles. The smallest absolute Gasteiger partial charge is 0.251 e. The van der Waals surface area contributed by atoms with E-state index in [0.29, 0.717) is 18.5 Å². The maximum absolute atomic E-state index is 12.8. The lowest BCUT2D eigenvalue weighted by molar-refractivity contribution is -0.118. The lowest BCUT2D eigenvalue weighted by atomic mass is 10.1. The number of benzene rings is 2. The molecule has 1 aliphatic heterocycles. The minimum absolute atomic E-state index is 0.0499. The van der Waals surface area contributed by atoms with Gasteiger partial charge in [-0.15, -0.1) is 0 Å². The van der Waals surface area contributed by atoms with Gasteiger partial charge in [-0.3, -0.25) is 9.59 Å². The second-order valence-corrected chi connectivity index (χ2v) is 6.93. The fourth-order valence-corrected chi connectivity index (χ4v) is 3.61. The van der Waals surface area contributed by atoms with Gasteiger partial charge in [0, 0.05) is 34.9 Å². The number of H-pyrrole nitrogens is 1. The van der Waals surface area contributed by atoms with Crippen LogP contribution in [-0.2, 0) is 4.79 Å². The molecule has 1 aliphatic rings. The minimum Gasteiger partial charge on any atom is -0.361 e. The van der Waals surface area contributed by atoms with Crippen molar-refractivity contribution in [3.8, 4) is 0 Å². The number of carbonyl (C=O) groups excluding carboxylic acids is 2. The van der Waals surface area contributed by atoms with Gasteiger partial charge in [0.2, 0.25) is 5.91 Å². The summed E-state index contributed by atoms with van der Waals surface area (Å²) in [6.45, 7) is 4.66. The number of aryl methyl sites for hydroxylation is 2. The summed E-state index contributed by atoms with van der Waals surface area (Å²) < 4.78 is 0. The van der Waals surface area contributed by atoms with Gasteiger partial charge in [0.05, 0.1) is 0 Å². The number of amides is 2. The molecule has 2 N–H and O–H groups in total. The number of nitrogens with zero attached hydrogens (tertiary/aromatic N) is 1. The van der Waals surface area contributed by atoms with Crippen molar-refractivity contribution in [2.45, 2.75) is 26.3 Å². The van der Waals surface area contributed by atoms with Crippen LogP contribution in [0.3, 0.4) is 0 Å². The lowest BCUT2D eigenvalue weighted by Crippen LogP contribution is -2.41. The molecular weight excluding hydrogens is 326 g/mol. The third-order valence-corrected chi connectivity index (χ3v) is 4.84. The first-order chi connectivity index (χ1) is 12.5. The molecule has 1 fully saturated rings. The van der Waals surface area contributed by atoms with Crippen LogP contribution >= 0.6 is 0 Å². The van der Waals surface area contributed by atoms with E-state index in [4.69, 9.17) is 0 Å². The number of carbonyl (C=O) groups is 2. The topological polar surface area (TPSA) is 65.2 Å². The van der Waals surface area contributed by atoms with E-state index in [1.54, 1.807) is 11.0 Å². The molecule has 0 radical (unpaired) electrons. The van der Waals surface area contributed by atoms with E-state index in [9.17, 15) is 9.59 Å². The Bertz CT molecular complexity index is 985. The highest BCUT2D eigenvalue weighted by Gasteiger charge is 2.33. The zero-order valence-corrected chi connectivity index (χ0v) is 14.9. The number of hydrogen-bond donors (Lipinski definition) is 2. The number of aromatic nitrogens is 1. The normalized spacial score (nSPS) is 17.1. The number of aromatic amines is 1. The number of hydrogen-bond acceptors (Lipinski definition) is 2. The summed E-state index contributed by atoms with van der Waals surface area (Å²) in [4.78, 5) is 30.2. The van der Waals surface area contributed by atoms with Crippen LogP contribution in [0, 0.1) is 13.8 Å². The first-order valence-corrected chi connectivity index (χ1v) is 8.79. The molecule has 5 nitrogen and oxygen atoms in total. The SMILES string of the molecule is Cc1cc(C)cc(N2CCC(NC(=O)c3ccc4[nH]ccc4c3)C2=O)c1. The van der Waals surface area contributed by atoms with Gasteiger partial charge in [0.1, 0.15) is 6.04 Å². The van der Waals surface area contributed by atoms with Crippen LogP contribution < -0.4 is 10.2 Å². The molecule has 5 heteroatoms. The van der Waals surface area contributed by atoms with E-state index >= 15 is 0 Å². The van der Waals surface area contributed by atoms with Gasteiger partial charge in [-0.05, 0) is 67.8 Å². The van der Waals surface area contributed by atoms with Crippen molar-refractivity contribution in [2.75, 3.05) is 11.4 Å². The summed E-state index contributed by atoms with van der Waals surface area (Å²) in [6.07, 6.45) is 2.46. The molecule has 1 unspecified atom stereocenters. The van der Waals surface area contributed by atoms with Crippen LogP contribution in [0.2, 0.25) is 0 Å². The summed E-state index contributed by atoms with van der Waals surface area (Å²) >= 11 is 0. The molecule has 1 aromatic heterocycles. The Morgan fingerprint density at radius 2 is 1.88 bits per heavy atom. The van der Waals surface area contributed by atoms with E-state index in [-0.39, 0.29) is 11.8 Å². The Kier molecular flexibility index (Phi) is 3.99. The van der Waals surface area contributed by atoms with Gasteiger partial charge in [-0.25, -0.2) is 0 Å². The summed E-state index contributed by atoms with van der Waals surface area (Å²) in [5.41, 5.74) is 4.70. The summed E-state index contributed by atoms with van der Waals surface area (Å²) in [5.74, 6) is -0.264. The number of nitrogens with one attached hydrogen (secondary N) is 2. The van der Waals surface area contributed by atoms with Gasteiger partial charge < -0.3 is 15.2 Å². The summed E-state index contributed by atoms with van der Waals surface area (Å²) in [5, 5.41) is 3.87. The second kappa shape index (κ2) is 6.33. The number of anilines is 1. The van der Waals surface area contributed by atoms with Crippen molar-refractivity contribution in [1.29, 1.82) is 0 Å². The van der Waals surface area contributed by atoms with E-state index in [2.05, 4.69) is 16.4 Å². The van der Waals surface area contributed by atoms with Gasteiger partial charge in [-0.1, -0.05) is 6.07 Å². The maximum atomic E-state index is 12.8. The van der Waals surface area contributed by atoms with Crippen molar-refractivity contribution in [3.63, 3.8) is 0 Å². The molecule has 0 bridgehead atoms. The van der Waals surface area contributed by atoms with Crippen molar-refractivity contribution >= 4 is 28.4 Å². The quantitative estimate of drug-likeness (QED) is 0.763. The van der Waals surface area contributed by atoms with Crippen molar-refractivity contribution < 1.29 is 9.59 Å². The van der Waals surface area contributed by atoms with Gasteiger partial charge in [-0.2, -0.15) is 0 Å². The Labute approximate surface area is 152 Å². The number of rotatable bonds is 3. The molecule has 0 spiro atoms. The lowest BCUT2D eigenvalue weighted by Gasteiger charge is -2.18.